The van der Waals surface area contributed by atoms with Gasteiger partial charge in [0.2, 0.25) is 0 Å². The molecule has 1 aromatic heterocycles. The van der Waals surface area contributed by atoms with Crippen LogP contribution in [0.4, 0.5) is 0 Å². The van der Waals surface area contributed by atoms with E-state index >= 15 is 0 Å². The third-order valence-electron chi connectivity index (χ3n) is 2.28. The molecule has 0 bridgehead atoms. The third kappa shape index (κ3) is 2.30. The van der Waals surface area contributed by atoms with Crippen molar-refractivity contribution in [3.8, 4) is 0 Å². The lowest BCUT2D eigenvalue weighted by Gasteiger charge is -2.17. The Morgan fingerprint density at radius 1 is 1.19 bits per heavy atom. The second-order valence-corrected chi connectivity index (χ2v) is 6.35. The zero-order chi connectivity index (χ0) is 11.9. The lowest BCUT2D eigenvalue weighted by molar-refractivity contribution is 0.548. The first kappa shape index (κ1) is 12.0. The average Bonchev–Trinajstić information content (AvgIpc) is 2.15. The van der Waals surface area contributed by atoms with Gasteiger partial charge in [-0.2, -0.15) is 0 Å². The summed E-state index contributed by atoms with van der Waals surface area (Å²) in [6.45, 7) is 6.25. The zero-order valence-electron chi connectivity index (χ0n) is 9.38. The van der Waals surface area contributed by atoms with Crippen LogP contribution in [0.1, 0.15) is 26.6 Å². The van der Waals surface area contributed by atoms with Crippen LogP contribution in [0.15, 0.2) is 18.2 Å². The number of halogens is 2. The second kappa shape index (κ2) is 4.11. The molecule has 0 spiro atoms. The van der Waals surface area contributed by atoms with Crippen LogP contribution < -0.4 is 0 Å². The molecule has 1 aromatic carbocycles. The molecule has 4 heteroatoms. The average molecular weight is 347 g/mol. The fourth-order valence-corrected chi connectivity index (χ4v) is 2.11. The highest BCUT2D eigenvalue weighted by molar-refractivity contribution is 14.1. The summed E-state index contributed by atoms with van der Waals surface area (Å²) in [5, 5.41) is 1.45. The molecule has 2 rings (SSSR count). The highest BCUT2D eigenvalue weighted by Crippen LogP contribution is 2.26. The molecule has 0 N–H and O–H groups in total. The molecule has 84 valence electrons. The van der Waals surface area contributed by atoms with Gasteiger partial charge in [-0.1, -0.05) is 32.4 Å². The van der Waals surface area contributed by atoms with Gasteiger partial charge in [-0.15, -0.1) is 0 Å². The first-order valence-electron chi connectivity index (χ1n) is 5.01. The van der Waals surface area contributed by atoms with E-state index < -0.39 is 0 Å². The van der Waals surface area contributed by atoms with Gasteiger partial charge in [-0.3, -0.25) is 0 Å². The predicted molar refractivity (Wildman–Crippen MR) is 76.0 cm³/mol. The SMILES string of the molecule is CC(C)(C)c1nc(Cl)c2ccc(I)cc2n1. The van der Waals surface area contributed by atoms with Crippen molar-refractivity contribution >= 4 is 45.1 Å². The van der Waals surface area contributed by atoms with Crippen LogP contribution in [0.2, 0.25) is 5.15 Å². The maximum atomic E-state index is 6.17. The molecule has 2 nitrogen and oxygen atoms in total. The summed E-state index contributed by atoms with van der Waals surface area (Å²) in [6.07, 6.45) is 0. The van der Waals surface area contributed by atoms with Gasteiger partial charge < -0.3 is 0 Å². The molecular weight excluding hydrogens is 335 g/mol. The molecule has 0 aliphatic heterocycles. The molecule has 2 aromatic rings. The fourth-order valence-electron chi connectivity index (χ4n) is 1.40. The highest BCUT2D eigenvalue weighted by atomic mass is 127. The molecule has 0 aliphatic carbocycles. The Morgan fingerprint density at radius 2 is 1.88 bits per heavy atom. The molecule has 0 radical (unpaired) electrons. The lowest BCUT2D eigenvalue weighted by Crippen LogP contribution is -2.16. The van der Waals surface area contributed by atoms with Gasteiger partial charge in [-0.25, -0.2) is 9.97 Å². The number of hydrogen-bond donors (Lipinski definition) is 0. The van der Waals surface area contributed by atoms with Crippen LogP contribution in [0.25, 0.3) is 10.9 Å². The van der Waals surface area contributed by atoms with Gasteiger partial charge >= 0.3 is 0 Å². The van der Waals surface area contributed by atoms with Crippen molar-refractivity contribution in [3.63, 3.8) is 0 Å². The maximum Gasteiger partial charge on any atom is 0.140 e. The van der Waals surface area contributed by atoms with Crippen LogP contribution in [0, 0.1) is 3.57 Å². The topological polar surface area (TPSA) is 25.8 Å². The zero-order valence-corrected chi connectivity index (χ0v) is 12.3. The number of rotatable bonds is 0. The standard InChI is InChI=1S/C12H12ClIN2/c1-12(2,3)11-15-9-6-7(14)4-5-8(9)10(13)16-11/h4-6H,1-3H3. The minimum absolute atomic E-state index is 0.0842. The van der Waals surface area contributed by atoms with Crippen LogP contribution in [-0.2, 0) is 5.41 Å². The van der Waals surface area contributed by atoms with Crippen molar-refractivity contribution in [3.05, 3.63) is 32.7 Å². The minimum Gasteiger partial charge on any atom is -0.232 e. The van der Waals surface area contributed by atoms with Crippen LogP contribution in [0.3, 0.4) is 0 Å². The van der Waals surface area contributed by atoms with Crippen molar-refractivity contribution in [1.82, 2.24) is 9.97 Å². The number of benzene rings is 1. The van der Waals surface area contributed by atoms with E-state index in [0.717, 1.165) is 20.3 Å². The molecule has 0 aliphatic rings. The monoisotopic (exact) mass is 346 g/mol. The van der Waals surface area contributed by atoms with Crippen molar-refractivity contribution in [1.29, 1.82) is 0 Å². The maximum absolute atomic E-state index is 6.17. The highest BCUT2D eigenvalue weighted by Gasteiger charge is 2.19. The van der Waals surface area contributed by atoms with E-state index in [1.54, 1.807) is 0 Å². The first-order chi connectivity index (χ1) is 7.38. The second-order valence-electron chi connectivity index (χ2n) is 4.75. The Hall–Kier alpha value is -0.420. The fraction of sp³-hybridized carbons (Fsp3) is 0.333. The van der Waals surface area contributed by atoms with E-state index in [1.165, 1.54) is 0 Å². The normalized spacial score (nSPS) is 12.1. The summed E-state index contributed by atoms with van der Waals surface area (Å²) in [7, 11) is 0. The van der Waals surface area contributed by atoms with Crippen molar-refractivity contribution in [2.45, 2.75) is 26.2 Å². The van der Waals surface area contributed by atoms with E-state index in [-0.39, 0.29) is 5.41 Å². The van der Waals surface area contributed by atoms with Crippen LogP contribution >= 0.6 is 34.2 Å². The third-order valence-corrected chi connectivity index (χ3v) is 3.24. The Bertz CT molecular complexity index is 546. The summed E-state index contributed by atoms with van der Waals surface area (Å²) < 4.78 is 1.15. The number of fused-ring (bicyclic) bond motifs is 1. The van der Waals surface area contributed by atoms with E-state index in [9.17, 15) is 0 Å². The molecular formula is C12H12ClIN2. The van der Waals surface area contributed by atoms with E-state index in [0.29, 0.717) is 5.15 Å². The quantitative estimate of drug-likeness (QED) is 0.528. The Labute approximate surface area is 114 Å². The van der Waals surface area contributed by atoms with E-state index in [1.807, 2.05) is 18.2 Å². The largest absolute Gasteiger partial charge is 0.232 e. The van der Waals surface area contributed by atoms with Crippen LogP contribution in [-0.4, -0.2) is 9.97 Å². The van der Waals surface area contributed by atoms with Crippen molar-refractivity contribution in [2.24, 2.45) is 0 Å². The Kier molecular flexibility index (Phi) is 3.09. The molecule has 0 fully saturated rings. The summed E-state index contributed by atoms with van der Waals surface area (Å²) in [4.78, 5) is 8.92. The molecule has 1 heterocycles. The van der Waals surface area contributed by atoms with Gasteiger partial charge in [0.1, 0.15) is 11.0 Å². The summed E-state index contributed by atoms with van der Waals surface area (Å²) in [5.41, 5.74) is 0.830. The lowest BCUT2D eigenvalue weighted by atomic mass is 9.95. The summed E-state index contributed by atoms with van der Waals surface area (Å²) >= 11 is 8.44. The molecule has 16 heavy (non-hydrogen) atoms. The smallest absolute Gasteiger partial charge is 0.140 e. The van der Waals surface area contributed by atoms with Gasteiger partial charge in [0, 0.05) is 14.4 Å². The number of hydrogen-bond acceptors (Lipinski definition) is 2. The van der Waals surface area contributed by atoms with Gasteiger partial charge in [0.15, 0.2) is 0 Å². The summed E-state index contributed by atoms with van der Waals surface area (Å²) in [6, 6.07) is 6.00. The van der Waals surface area contributed by atoms with Gasteiger partial charge in [0.05, 0.1) is 5.52 Å². The minimum atomic E-state index is -0.0842. The van der Waals surface area contributed by atoms with Crippen molar-refractivity contribution < 1.29 is 0 Å². The molecule has 0 saturated heterocycles. The molecule has 0 saturated carbocycles. The number of aromatic nitrogens is 2. The summed E-state index contributed by atoms with van der Waals surface area (Å²) in [5.74, 6) is 0.784. The first-order valence-corrected chi connectivity index (χ1v) is 6.47. The van der Waals surface area contributed by atoms with E-state index in [2.05, 4.69) is 53.3 Å². The molecule has 0 atom stereocenters. The van der Waals surface area contributed by atoms with Gasteiger partial charge in [-0.05, 0) is 40.8 Å². The van der Waals surface area contributed by atoms with Crippen LogP contribution in [0.5, 0.6) is 0 Å². The van der Waals surface area contributed by atoms with Crippen molar-refractivity contribution in [2.75, 3.05) is 0 Å². The Morgan fingerprint density at radius 3 is 2.50 bits per heavy atom. The predicted octanol–water partition coefficient (Wildman–Crippen LogP) is 4.19. The number of nitrogens with zero attached hydrogens (tertiary/aromatic N) is 2. The molecule has 0 amide bonds. The van der Waals surface area contributed by atoms with Gasteiger partial charge in [0.25, 0.3) is 0 Å². The molecule has 0 unspecified atom stereocenters. The van der Waals surface area contributed by atoms with E-state index in [4.69, 9.17) is 11.6 Å². The Balaban J connectivity index is 2.75.